The molecule has 0 radical (unpaired) electrons. The van der Waals surface area contributed by atoms with E-state index in [1.54, 1.807) is 44.2 Å². The number of anilines is 1. The Balaban J connectivity index is 1.62. The SMILES string of the molecule is C=C/C(=C\C=C\c1ccc(-c2ccccc2)c(Cc2ccccc2)c1)N(/C(C)=C/C=C\C)c1c(O)c(O)c(-c2c(O)c(O)c(O)c(O)c2O)c(O)c1O. The van der Waals surface area contributed by atoms with Gasteiger partial charge in [-0.15, -0.1) is 0 Å². The molecule has 0 aliphatic carbocycles. The van der Waals surface area contributed by atoms with Gasteiger partial charge in [-0.2, -0.15) is 0 Å². The molecular formula is C43H39NO9. The number of aromatic hydroxyl groups is 9. The Hall–Kier alpha value is -7.20. The number of allylic oxidation sites excluding steroid dienone is 7. The van der Waals surface area contributed by atoms with Crippen molar-refractivity contribution in [3.8, 4) is 74.0 Å². The number of benzene rings is 5. The summed E-state index contributed by atoms with van der Waals surface area (Å²) in [5.74, 6) is -10.8. The molecule has 0 unspecified atom stereocenters. The molecule has 53 heavy (non-hydrogen) atoms. The average Bonchev–Trinajstić information content (AvgIpc) is 3.17. The maximum atomic E-state index is 11.4. The summed E-state index contributed by atoms with van der Waals surface area (Å²) < 4.78 is 0. The van der Waals surface area contributed by atoms with Crippen LogP contribution in [0.3, 0.4) is 0 Å². The van der Waals surface area contributed by atoms with E-state index in [1.807, 2.05) is 48.5 Å². The van der Waals surface area contributed by atoms with E-state index in [1.165, 1.54) is 11.0 Å². The van der Waals surface area contributed by atoms with Crippen molar-refractivity contribution in [3.05, 3.63) is 150 Å². The van der Waals surface area contributed by atoms with Gasteiger partial charge in [0.1, 0.15) is 5.69 Å². The average molecular weight is 714 g/mol. The fourth-order valence-electron chi connectivity index (χ4n) is 5.95. The molecule has 0 heterocycles. The molecule has 9 N–H and O–H groups in total. The summed E-state index contributed by atoms with van der Waals surface area (Å²) in [5.41, 5.74) is 3.53. The van der Waals surface area contributed by atoms with E-state index in [9.17, 15) is 46.0 Å². The van der Waals surface area contributed by atoms with Crippen molar-refractivity contribution in [1.29, 1.82) is 0 Å². The fourth-order valence-corrected chi connectivity index (χ4v) is 5.95. The molecule has 0 fully saturated rings. The van der Waals surface area contributed by atoms with Crippen LogP contribution in [0.2, 0.25) is 0 Å². The van der Waals surface area contributed by atoms with Gasteiger partial charge < -0.3 is 50.9 Å². The van der Waals surface area contributed by atoms with Crippen LogP contribution in [-0.4, -0.2) is 46.0 Å². The topological polar surface area (TPSA) is 185 Å². The van der Waals surface area contributed by atoms with Crippen molar-refractivity contribution in [3.63, 3.8) is 0 Å². The molecule has 5 rings (SSSR count). The van der Waals surface area contributed by atoms with Crippen LogP contribution in [0.5, 0.6) is 51.7 Å². The molecule has 0 aliphatic heterocycles. The Morgan fingerprint density at radius 3 is 1.70 bits per heavy atom. The van der Waals surface area contributed by atoms with Crippen LogP contribution in [0.15, 0.2) is 133 Å². The standard InChI is InChI=1S/C43H39NO9/c1-4-6-14-25(3)44(34-39(49)35(45)32(36(46)40(34)50)33-37(47)41(51)43(53)42(52)38(33)48)30(5-2)20-13-17-27-21-22-31(28-18-11-8-12-19-28)29(24-27)23-26-15-9-7-10-16-26/h4-22,24,45-53H,2,23H2,1,3H3/b6-4-,17-13+,25-14+,30-20+. The summed E-state index contributed by atoms with van der Waals surface area (Å²) in [6.07, 6.45) is 12.4. The van der Waals surface area contributed by atoms with Gasteiger partial charge in [0, 0.05) is 11.4 Å². The first-order valence-electron chi connectivity index (χ1n) is 16.4. The lowest BCUT2D eigenvalue weighted by Gasteiger charge is -2.29. The first-order chi connectivity index (χ1) is 25.4. The van der Waals surface area contributed by atoms with Crippen LogP contribution in [0.25, 0.3) is 28.3 Å². The number of hydrogen-bond donors (Lipinski definition) is 9. The molecule has 0 aliphatic rings. The highest BCUT2D eigenvalue weighted by Gasteiger charge is 2.34. The highest BCUT2D eigenvalue weighted by Crippen LogP contribution is 2.63. The summed E-state index contributed by atoms with van der Waals surface area (Å²) in [7, 11) is 0. The Labute approximate surface area is 306 Å². The largest absolute Gasteiger partial charge is 0.504 e. The lowest BCUT2D eigenvalue weighted by atomic mass is 9.93. The smallest absolute Gasteiger partial charge is 0.208 e. The molecule has 270 valence electrons. The van der Waals surface area contributed by atoms with E-state index in [-0.39, 0.29) is 5.70 Å². The lowest BCUT2D eigenvalue weighted by molar-refractivity contribution is 0.329. The number of hydrogen-bond acceptors (Lipinski definition) is 10. The number of phenols is 9. The summed E-state index contributed by atoms with van der Waals surface area (Å²) in [6.45, 7) is 7.31. The fraction of sp³-hybridized carbons (Fsp3) is 0.0698. The molecule has 0 aromatic heterocycles. The summed E-state index contributed by atoms with van der Waals surface area (Å²) in [4.78, 5) is 1.30. The van der Waals surface area contributed by atoms with Crippen LogP contribution < -0.4 is 4.90 Å². The molecule has 0 saturated heterocycles. The molecular weight excluding hydrogens is 674 g/mol. The normalized spacial score (nSPS) is 12.1. The first kappa shape index (κ1) is 37.1. The minimum atomic E-state index is -1.30. The van der Waals surface area contributed by atoms with E-state index in [0.29, 0.717) is 12.1 Å². The first-order valence-corrected chi connectivity index (χ1v) is 16.4. The summed E-state index contributed by atoms with van der Waals surface area (Å²) >= 11 is 0. The van der Waals surface area contributed by atoms with Gasteiger partial charge in [-0.25, -0.2) is 0 Å². The molecule has 10 heteroatoms. The van der Waals surface area contributed by atoms with Crippen LogP contribution in [0.1, 0.15) is 30.5 Å². The molecule has 0 amide bonds. The van der Waals surface area contributed by atoms with E-state index < -0.39 is 68.6 Å². The van der Waals surface area contributed by atoms with Crippen molar-refractivity contribution < 1.29 is 46.0 Å². The molecule has 0 saturated carbocycles. The van der Waals surface area contributed by atoms with Crippen molar-refractivity contribution in [1.82, 2.24) is 0 Å². The second-order valence-electron chi connectivity index (χ2n) is 12.0. The van der Waals surface area contributed by atoms with Crippen LogP contribution in [0, 0.1) is 0 Å². The minimum Gasteiger partial charge on any atom is -0.504 e. The third-order valence-corrected chi connectivity index (χ3v) is 8.57. The second kappa shape index (κ2) is 15.8. The zero-order valence-corrected chi connectivity index (χ0v) is 28.9. The van der Waals surface area contributed by atoms with Crippen LogP contribution in [0.4, 0.5) is 5.69 Å². The Kier molecular flexibility index (Phi) is 11.0. The van der Waals surface area contributed by atoms with Gasteiger partial charge in [0.05, 0.1) is 11.1 Å². The predicted molar refractivity (Wildman–Crippen MR) is 206 cm³/mol. The lowest BCUT2D eigenvalue weighted by Crippen LogP contribution is -2.19. The van der Waals surface area contributed by atoms with Crippen molar-refractivity contribution in [2.24, 2.45) is 0 Å². The zero-order valence-electron chi connectivity index (χ0n) is 28.9. The van der Waals surface area contributed by atoms with E-state index in [2.05, 4.69) is 43.0 Å². The van der Waals surface area contributed by atoms with Crippen LogP contribution in [-0.2, 0) is 6.42 Å². The maximum Gasteiger partial charge on any atom is 0.208 e. The number of rotatable bonds is 11. The monoisotopic (exact) mass is 713 g/mol. The number of nitrogens with zero attached hydrogens (tertiary/aromatic N) is 1. The van der Waals surface area contributed by atoms with E-state index in [0.717, 1.165) is 27.8 Å². The minimum absolute atomic E-state index is 0.271. The molecule has 10 nitrogen and oxygen atoms in total. The molecule has 5 aromatic carbocycles. The number of phenolic OH excluding ortho intramolecular Hbond substituents is 9. The summed E-state index contributed by atoms with van der Waals surface area (Å²) in [5, 5.41) is 96.0. The van der Waals surface area contributed by atoms with Gasteiger partial charge in [0.2, 0.25) is 17.2 Å². The van der Waals surface area contributed by atoms with Crippen molar-refractivity contribution in [2.45, 2.75) is 20.3 Å². The Bertz CT molecular complexity index is 2230. The van der Waals surface area contributed by atoms with Gasteiger partial charge >= 0.3 is 0 Å². The Morgan fingerprint density at radius 1 is 0.623 bits per heavy atom. The maximum absolute atomic E-state index is 11.4. The van der Waals surface area contributed by atoms with Gasteiger partial charge in [0.15, 0.2) is 34.5 Å². The second-order valence-corrected chi connectivity index (χ2v) is 12.0. The zero-order chi connectivity index (χ0) is 38.4. The van der Waals surface area contributed by atoms with E-state index in [4.69, 9.17) is 0 Å². The summed E-state index contributed by atoms with van der Waals surface area (Å²) in [6, 6.07) is 26.4. The van der Waals surface area contributed by atoms with Gasteiger partial charge in [-0.3, -0.25) is 0 Å². The molecule has 0 bridgehead atoms. The highest BCUT2D eigenvalue weighted by molar-refractivity contribution is 5.97. The van der Waals surface area contributed by atoms with Gasteiger partial charge in [-0.1, -0.05) is 110 Å². The third-order valence-electron chi connectivity index (χ3n) is 8.57. The predicted octanol–water partition coefficient (Wildman–Crippen LogP) is 9.03. The third kappa shape index (κ3) is 7.33. The van der Waals surface area contributed by atoms with Crippen molar-refractivity contribution in [2.75, 3.05) is 4.90 Å². The quantitative estimate of drug-likeness (QED) is 0.0363. The van der Waals surface area contributed by atoms with E-state index >= 15 is 0 Å². The Morgan fingerprint density at radius 2 is 1.15 bits per heavy atom. The molecule has 0 spiro atoms. The highest BCUT2D eigenvalue weighted by atomic mass is 16.4. The molecule has 5 aromatic rings. The van der Waals surface area contributed by atoms with Gasteiger partial charge in [0.25, 0.3) is 0 Å². The van der Waals surface area contributed by atoms with Gasteiger partial charge in [-0.05, 0) is 66.3 Å². The van der Waals surface area contributed by atoms with Crippen molar-refractivity contribution >= 4 is 11.8 Å². The molecule has 0 atom stereocenters. The van der Waals surface area contributed by atoms with Crippen LogP contribution >= 0.6 is 0 Å².